The lowest BCUT2D eigenvalue weighted by Crippen LogP contribution is -2.07. The van der Waals surface area contributed by atoms with E-state index >= 15 is 0 Å². The second kappa shape index (κ2) is 5.29. The summed E-state index contributed by atoms with van der Waals surface area (Å²) >= 11 is 7.36. The Morgan fingerprint density at radius 3 is 2.29 bits per heavy atom. The largest absolute Gasteiger partial charge is 0.197 e. The summed E-state index contributed by atoms with van der Waals surface area (Å²) in [5, 5.41) is 9.65. The van der Waals surface area contributed by atoms with E-state index in [2.05, 4.69) is 19.9 Å². The Bertz CT molecular complexity index is 326. The number of hydrogen-bond donors (Lipinski definition) is 0. The molecule has 0 aliphatic heterocycles. The van der Waals surface area contributed by atoms with Gasteiger partial charge in [0.15, 0.2) is 0 Å². The monoisotopic (exact) mass is 225 g/mol. The van der Waals surface area contributed by atoms with Crippen LogP contribution in [0.4, 0.5) is 0 Å². The molecule has 1 aromatic rings. The van der Waals surface area contributed by atoms with Gasteiger partial charge < -0.3 is 0 Å². The van der Waals surface area contributed by atoms with Gasteiger partial charge in [-0.3, -0.25) is 0 Å². The quantitative estimate of drug-likeness (QED) is 0.727. The van der Waals surface area contributed by atoms with Crippen molar-refractivity contribution in [2.24, 2.45) is 5.92 Å². The van der Waals surface area contributed by atoms with Crippen LogP contribution < -0.4 is 0 Å². The third-order valence-corrected chi connectivity index (χ3v) is 3.51. The number of nitrogens with zero attached hydrogens (tertiary/aromatic N) is 1. The van der Waals surface area contributed by atoms with Crippen molar-refractivity contribution >= 4 is 23.4 Å². The summed E-state index contributed by atoms with van der Waals surface area (Å²) in [4.78, 5) is 1.09. The van der Waals surface area contributed by atoms with E-state index < -0.39 is 0 Å². The molecule has 0 saturated heterocycles. The molecule has 3 heteroatoms. The number of thioether (sulfide) groups is 1. The van der Waals surface area contributed by atoms with Crippen molar-refractivity contribution in [3.63, 3.8) is 0 Å². The SMILES string of the molecule is CC(C)C(C#N)Sc1ccc(Cl)cc1. The summed E-state index contributed by atoms with van der Waals surface area (Å²) in [5.74, 6) is 0.362. The van der Waals surface area contributed by atoms with Gasteiger partial charge in [0.05, 0.1) is 11.3 Å². The van der Waals surface area contributed by atoms with Crippen LogP contribution in [0.5, 0.6) is 0 Å². The minimum Gasteiger partial charge on any atom is -0.197 e. The standard InChI is InChI=1S/C11H12ClNS/c1-8(2)11(7-13)14-10-5-3-9(12)4-6-10/h3-6,8,11H,1-2H3. The molecule has 0 heterocycles. The molecular weight excluding hydrogens is 214 g/mol. The van der Waals surface area contributed by atoms with Gasteiger partial charge in [-0.15, -0.1) is 11.8 Å². The smallest absolute Gasteiger partial charge is 0.0986 e. The molecule has 0 spiro atoms. The molecule has 0 radical (unpaired) electrons. The Balaban J connectivity index is 2.69. The molecule has 0 aliphatic carbocycles. The second-order valence-electron chi connectivity index (χ2n) is 3.37. The lowest BCUT2D eigenvalue weighted by molar-refractivity contribution is 0.685. The zero-order chi connectivity index (χ0) is 10.6. The van der Waals surface area contributed by atoms with Crippen molar-refractivity contribution in [1.29, 1.82) is 5.26 Å². The Kier molecular flexibility index (Phi) is 4.31. The fraction of sp³-hybridized carbons (Fsp3) is 0.364. The van der Waals surface area contributed by atoms with Crippen LogP contribution in [0.2, 0.25) is 5.02 Å². The summed E-state index contributed by atoms with van der Waals surface area (Å²) in [6.45, 7) is 4.10. The van der Waals surface area contributed by atoms with Crippen LogP contribution in [-0.2, 0) is 0 Å². The van der Waals surface area contributed by atoms with Crippen LogP contribution in [0.3, 0.4) is 0 Å². The van der Waals surface area contributed by atoms with Crippen LogP contribution in [0, 0.1) is 17.2 Å². The highest BCUT2D eigenvalue weighted by atomic mass is 35.5. The molecule has 0 amide bonds. The van der Waals surface area contributed by atoms with E-state index in [4.69, 9.17) is 16.9 Å². The summed E-state index contributed by atoms with van der Waals surface area (Å²) < 4.78 is 0. The van der Waals surface area contributed by atoms with E-state index in [9.17, 15) is 0 Å². The van der Waals surface area contributed by atoms with Gasteiger partial charge in [-0.05, 0) is 30.2 Å². The van der Waals surface area contributed by atoms with Gasteiger partial charge in [0.1, 0.15) is 0 Å². The average Bonchev–Trinajstić information content (AvgIpc) is 2.16. The summed E-state index contributed by atoms with van der Waals surface area (Å²) in [6, 6.07) is 9.87. The number of hydrogen-bond acceptors (Lipinski definition) is 2. The maximum atomic E-state index is 8.92. The van der Waals surface area contributed by atoms with Crippen LogP contribution >= 0.6 is 23.4 Å². The van der Waals surface area contributed by atoms with Gasteiger partial charge in [-0.1, -0.05) is 25.4 Å². The van der Waals surface area contributed by atoms with Crippen LogP contribution in [0.15, 0.2) is 29.2 Å². The normalized spacial score (nSPS) is 12.5. The predicted octanol–water partition coefficient (Wildman–Crippen LogP) is 3.98. The van der Waals surface area contributed by atoms with Crippen LogP contribution in [0.1, 0.15) is 13.8 Å². The molecule has 1 atom stereocenters. The molecule has 0 aliphatic rings. The fourth-order valence-electron chi connectivity index (χ4n) is 0.971. The highest BCUT2D eigenvalue weighted by Gasteiger charge is 2.13. The number of benzene rings is 1. The highest BCUT2D eigenvalue weighted by molar-refractivity contribution is 8.00. The molecule has 74 valence electrons. The van der Waals surface area contributed by atoms with Crippen molar-refractivity contribution < 1.29 is 0 Å². The average molecular weight is 226 g/mol. The number of nitriles is 1. The molecule has 0 saturated carbocycles. The molecule has 14 heavy (non-hydrogen) atoms. The zero-order valence-electron chi connectivity index (χ0n) is 8.20. The third-order valence-electron chi connectivity index (χ3n) is 1.81. The molecule has 0 bridgehead atoms. The molecule has 1 nitrogen and oxygen atoms in total. The molecule has 1 rings (SSSR count). The third kappa shape index (κ3) is 3.25. The van der Waals surface area contributed by atoms with Crippen molar-refractivity contribution in [3.8, 4) is 6.07 Å². The molecule has 0 aromatic heterocycles. The summed E-state index contributed by atoms with van der Waals surface area (Å²) in [7, 11) is 0. The van der Waals surface area contributed by atoms with Gasteiger partial charge in [0.25, 0.3) is 0 Å². The van der Waals surface area contributed by atoms with Crippen molar-refractivity contribution in [2.45, 2.75) is 24.0 Å². The molecule has 0 fully saturated rings. The van der Waals surface area contributed by atoms with E-state index in [1.54, 1.807) is 11.8 Å². The van der Waals surface area contributed by atoms with E-state index in [-0.39, 0.29) is 5.25 Å². The van der Waals surface area contributed by atoms with Gasteiger partial charge >= 0.3 is 0 Å². The Hall–Kier alpha value is -0.650. The second-order valence-corrected chi connectivity index (χ2v) is 5.02. The topological polar surface area (TPSA) is 23.8 Å². The van der Waals surface area contributed by atoms with Gasteiger partial charge in [0.2, 0.25) is 0 Å². The highest BCUT2D eigenvalue weighted by Crippen LogP contribution is 2.28. The summed E-state index contributed by atoms with van der Waals surface area (Å²) in [6.07, 6.45) is 0. The maximum Gasteiger partial charge on any atom is 0.0986 e. The van der Waals surface area contributed by atoms with Gasteiger partial charge in [-0.25, -0.2) is 0 Å². The molecule has 1 unspecified atom stereocenters. The van der Waals surface area contributed by atoms with Crippen LogP contribution in [0.25, 0.3) is 0 Å². The van der Waals surface area contributed by atoms with E-state index in [0.29, 0.717) is 5.92 Å². The summed E-state index contributed by atoms with van der Waals surface area (Å²) in [5.41, 5.74) is 0. The first-order valence-corrected chi connectivity index (χ1v) is 5.71. The first-order valence-electron chi connectivity index (χ1n) is 4.45. The molecule has 1 aromatic carbocycles. The number of rotatable bonds is 3. The predicted molar refractivity (Wildman–Crippen MR) is 61.5 cm³/mol. The maximum absolute atomic E-state index is 8.92. The number of halogens is 1. The van der Waals surface area contributed by atoms with Crippen molar-refractivity contribution in [3.05, 3.63) is 29.3 Å². The van der Waals surface area contributed by atoms with E-state index in [0.717, 1.165) is 9.92 Å². The van der Waals surface area contributed by atoms with Gasteiger partial charge in [-0.2, -0.15) is 5.26 Å². The Morgan fingerprint density at radius 2 is 1.86 bits per heavy atom. The molecule has 0 N–H and O–H groups in total. The lowest BCUT2D eigenvalue weighted by atomic mass is 10.1. The zero-order valence-corrected chi connectivity index (χ0v) is 9.77. The van der Waals surface area contributed by atoms with Gasteiger partial charge in [0, 0.05) is 9.92 Å². The Labute approximate surface area is 94.1 Å². The lowest BCUT2D eigenvalue weighted by Gasteiger charge is -2.11. The van der Waals surface area contributed by atoms with Crippen molar-refractivity contribution in [2.75, 3.05) is 0 Å². The fourth-order valence-corrected chi connectivity index (χ4v) is 2.01. The Morgan fingerprint density at radius 1 is 1.29 bits per heavy atom. The van der Waals surface area contributed by atoms with E-state index in [1.165, 1.54) is 0 Å². The van der Waals surface area contributed by atoms with Crippen LogP contribution in [-0.4, -0.2) is 5.25 Å². The first kappa shape index (κ1) is 11.4. The minimum atomic E-state index is 0.0103. The van der Waals surface area contributed by atoms with Crippen molar-refractivity contribution in [1.82, 2.24) is 0 Å². The van der Waals surface area contributed by atoms with E-state index in [1.807, 2.05) is 24.3 Å². The first-order chi connectivity index (χ1) is 6.63. The minimum absolute atomic E-state index is 0.0103. The molecular formula is C11H12ClNS.